The smallest absolute Gasteiger partial charge is 0.418 e. The average Bonchev–Trinajstić information content (AvgIpc) is 3.22. The van der Waals surface area contributed by atoms with E-state index in [2.05, 4.69) is 42.8 Å². The zero-order chi connectivity index (χ0) is 36.5. The average molecular weight is 708 g/mol. The van der Waals surface area contributed by atoms with Crippen LogP contribution in [0.1, 0.15) is 126 Å². The predicted molar refractivity (Wildman–Crippen MR) is 182 cm³/mol. The monoisotopic (exact) mass is 707 g/mol. The molecule has 14 nitrogen and oxygen atoms in total. The molecule has 2 heterocycles. The summed E-state index contributed by atoms with van der Waals surface area (Å²) in [6.45, 7) is 22.8. The third-order valence-electron chi connectivity index (χ3n) is 9.51. The van der Waals surface area contributed by atoms with Crippen molar-refractivity contribution in [3.8, 4) is 0 Å². The van der Waals surface area contributed by atoms with Crippen molar-refractivity contribution >= 4 is 28.4 Å². The largest absolute Gasteiger partial charge is 0.530 e. The lowest BCUT2D eigenvalue weighted by Crippen LogP contribution is -2.50. The Morgan fingerprint density at radius 2 is 1.48 bits per heavy atom. The Kier molecular flexibility index (Phi) is 19.3. The first kappa shape index (κ1) is 43.8. The SMILES string of the molecule is CC(NC(=O)[O-])C(CCONC(=O)[C@@H]1CC[C@@H]2CN1C(=O)N2OS(=O)(=O)O)C(C)(C)C.CCCC[N+](CCCC)(CCCC)CCCC. The van der Waals surface area contributed by atoms with Crippen LogP contribution in [0.5, 0.6) is 0 Å². The fourth-order valence-electron chi connectivity index (χ4n) is 6.84. The molecule has 282 valence electrons. The van der Waals surface area contributed by atoms with Crippen LogP contribution in [0.4, 0.5) is 9.59 Å². The van der Waals surface area contributed by atoms with E-state index in [9.17, 15) is 27.9 Å². The summed E-state index contributed by atoms with van der Waals surface area (Å²) in [6, 6.07) is -2.70. The molecule has 2 fully saturated rings. The van der Waals surface area contributed by atoms with Gasteiger partial charge in [0, 0.05) is 12.6 Å². The van der Waals surface area contributed by atoms with Gasteiger partial charge in [-0.25, -0.2) is 10.3 Å². The first-order chi connectivity index (χ1) is 22.4. The molecule has 2 bridgehead atoms. The molecule has 0 spiro atoms. The summed E-state index contributed by atoms with van der Waals surface area (Å²) >= 11 is 0. The number of urea groups is 1. The molecule has 0 radical (unpaired) electrons. The Bertz CT molecular complexity index is 1050. The van der Waals surface area contributed by atoms with Crippen molar-refractivity contribution in [2.45, 2.75) is 144 Å². The molecular formula is C33H65N5O9S. The number of quaternary nitrogens is 1. The van der Waals surface area contributed by atoms with Gasteiger partial charge in [0.25, 0.3) is 5.91 Å². The number of amides is 4. The molecule has 4 atom stereocenters. The molecule has 2 unspecified atom stereocenters. The van der Waals surface area contributed by atoms with Gasteiger partial charge in [-0.2, -0.15) is 13.5 Å². The van der Waals surface area contributed by atoms with Gasteiger partial charge in [-0.3, -0.25) is 14.2 Å². The minimum absolute atomic E-state index is 0.0744. The molecule has 2 aliphatic heterocycles. The standard InChI is InChI=1S/C17H30N4O9S.C16H36N/c1-10(18-15(23)24)12(17(2,3)4)7-8-29-19-14(22)13-6-5-11-9-20(13)16(25)21(11)30-31(26,27)28;1-5-9-13-17(14-10-6-2,15-11-7-3)16-12-8-4/h10-13,18H,5-9H2,1-4H3,(H,19,22)(H,23,24)(H,26,27,28);5-16H2,1-4H3/q;+1/p-1/t10?,11-,12?,13+;/m1./s1. The second-order valence-corrected chi connectivity index (χ2v) is 15.5. The van der Waals surface area contributed by atoms with Gasteiger partial charge >= 0.3 is 16.4 Å². The number of nitrogens with zero attached hydrogens (tertiary/aromatic N) is 3. The van der Waals surface area contributed by atoms with E-state index in [0.717, 1.165) is 4.90 Å². The Labute approximate surface area is 289 Å². The maximum atomic E-state index is 12.5. The van der Waals surface area contributed by atoms with Crippen molar-refractivity contribution in [3.63, 3.8) is 0 Å². The van der Waals surface area contributed by atoms with E-state index in [4.69, 9.17) is 9.39 Å². The molecular weight excluding hydrogens is 642 g/mol. The highest BCUT2D eigenvalue weighted by Crippen LogP contribution is 2.32. The minimum Gasteiger partial charge on any atom is -0.530 e. The van der Waals surface area contributed by atoms with E-state index in [0.29, 0.717) is 17.9 Å². The Hall–Kier alpha value is -2.20. The normalized spacial score (nSPS) is 19.4. The summed E-state index contributed by atoms with van der Waals surface area (Å²) in [5.74, 6) is -0.683. The fourth-order valence-corrected chi connectivity index (χ4v) is 7.23. The lowest BCUT2D eigenvalue weighted by atomic mass is 9.75. The molecule has 2 aliphatic rings. The molecule has 15 heteroatoms. The highest BCUT2D eigenvalue weighted by Gasteiger charge is 2.49. The van der Waals surface area contributed by atoms with Crippen molar-refractivity contribution in [1.29, 1.82) is 0 Å². The molecule has 2 rings (SSSR count). The van der Waals surface area contributed by atoms with E-state index < -0.39 is 46.6 Å². The minimum atomic E-state index is -4.86. The second kappa shape index (κ2) is 21.1. The van der Waals surface area contributed by atoms with Crippen LogP contribution in [0.2, 0.25) is 0 Å². The summed E-state index contributed by atoms with van der Waals surface area (Å²) < 4.78 is 36.4. The van der Waals surface area contributed by atoms with Gasteiger partial charge in [0.2, 0.25) is 0 Å². The van der Waals surface area contributed by atoms with E-state index in [-0.39, 0.29) is 30.9 Å². The second-order valence-electron chi connectivity index (χ2n) is 14.5. The Balaban J connectivity index is 0.000000576. The van der Waals surface area contributed by atoms with Crippen LogP contribution in [0, 0.1) is 11.3 Å². The van der Waals surface area contributed by atoms with Crippen molar-refractivity contribution < 1.29 is 46.1 Å². The zero-order valence-electron chi connectivity index (χ0n) is 30.8. The number of hydrogen-bond acceptors (Lipinski definition) is 8. The molecule has 0 aromatic carbocycles. The van der Waals surface area contributed by atoms with Crippen molar-refractivity contribution in [1.82, 2.24) is 20.8 Å². The highest BCUT2D eigenvalue weighted by molar-refractivity contribution is 7.80. The maximum absolute atomic E-state index is 12.5. The number of rotatable bonds is 21. The first-order valence-electron chi connectivity index (χ1n) is 18.0. The van der Waals surface area contributed by atoms with Crippen LogP contribution in [0.3, 0.4) is 0 Å². The molecule has 48 heavy (non-hydrogen) atoms. The molecule has 0 aliphatic carbocycles. The number of carboxylic acid groups (broad SMARTS) is 1. The van der Waals surface area contributed by atoms with Gasteiger partial charge in [0.05, 0.1) is 38.8 Å². The zero-order valence-corrected chi connectivity index (χ0v) is 31.6. The van der Waals surface area contributed by atoms with E-state index >= 15 is 0 Å². The number of carbonyl (C=O) groups is 3. The molecule has 2 saturated heterocycles. The number of nitrogens with one attached hydrogen (secondary N) is 2. The van der Waals surface area contributed by atoms with Crippen molar-refractivity contribution in [3.05, 3.63) is 0 Å². The van der Waals surface area contributed by atoms with Gasteiger partial charge in [-0.05, 0) is 63.2 Å². The molecule has 0 aromatic rings. The van der Waals surface area contributed by atoms with Crippen LogP contribution >= 0.6 is 0 Å². The van der Waals surface area contributed by atoms with Gasteiger partial charge in [0.1, 0.15) is 12.1 Å². The molecule has 0 saturated carbocycles. The predicted octanol–water partition coefficient (Wildman–Crippen LogP) is 4.41. The Morgan fingerprint density at radius 3 is 1.90 bits per heavy atom. The first-order valence-corrected chi connectivity index (χ1v) is 19.3. The quantitative estimate of drug-likeness (QED) is 0.0675. The lowest BCUT2D eigenvalue weighted by molar-refractivity contribution is -0.929. The number of unbranched alkanes of at least 4 members (excludes halogenated alkanes) is 4. The molecule has 0 aromatic heterocycles. The Morgan fingerprint density at radius 1 is 0.979 bits per heavy atom. The number of hydrogen-bond donors (Lipinski definition) is 3. The topological polar surface area (TPSA) is 178 Å². The summed E-state index contributed by atoms with van der Waals surface area (Å²) in [4.78, 5) is 42.1. The van der Waals surface area contributed by atoms with Crippen LogP contribution in [0.25, 0.3) is 0 Å². The van der Waals surface area contributed by atoms with E-state index in [1.807, 2.05) is 20.8 Å². The number of carbonyl (C=O) groups excluding carboxylic acids is 3. The summed E-state index contributed by atoms with van der Waals surface area (Å²) in [5.41, 5.74) is 2.05. The van der Waals surface area contributed by atoms with Crippen molar-refractivity contribution in [2.24, 2.45) is 11.3 Å². The van der Waals surface area contributed by atoms with Crippen LogP contribution < -0.4 is 15.9 Å². The number of piperidine rings is 1. The van der Waals surface area contributed by atoms with Crippen LogP contribution in [-0.4, -0.2) is 103 Å². The third-order valence-corrected chi connectivity index (χ3v) is 9.86. The lowest BCUT2D eigenvalue weighted by Gasteiger charge is -2.39. The highest BCUT2D eigenvalue weighted by atomic mass is 32.3. The van der Waals surface area contributed by atoms with E-state index in [1.165, 1.54) is 82.0 Å². The number of fused-ring (bicyclic) bond motifs is 2. The van der Waals surface area contributed by atoms with Crippen LogP contribution in [-0.2, 0) is 24.3 Å². The van der Waals surface area contributed by atoms with Crippen LogP contribution in [0.15, 0.2) is 0 Å². The summed E-state index contributed by atoms with van der Waals surface area (Å²) in [7, 11) is -4.86. The third kappa shape index (κ3) is 15.1. The van der Waals surface area contributed by atoms with Crippen molar-refractivity contribution in [2.75, 3.05) is 39.3 Å². The maximum Gasteiger partial charge on any atom is 0.418 e. The summed E-state index contributed by atoms with van der Waals surface area (Å²) in [5, 5.41) is 13.7. The fraction of sp³-hybridized carbons (Fsp3) is 0.909. The van der Waals surface area contributed by atoms with E-state index in [1.54, 1.807) is 6.92 Å². The summed E-state index contributed by atoms with van der Waals surface area (Å²) in [6.07, 6.45) is 10.7. The molecule has 3 N–H and O–H groups in total. The number of hydroxylamine groups is 3. The van der Waals surface area contributed by atoms with Gasteiger partial charge in [-0.1, -0.05) is 74.1 Å². The van der Waals surface area contributed by atoms with Gasteiger partial charge < -0.3 is 24.6 Å². The molecule has 4 amide bonds. The van der Waals surface area contributed by atoms with Gasteiger partial charge in [-0.15, -0.1) is 4.28 Å². The van der Waals surface area contributed by atoms with Gasteiger partial charge in [0.15, 0.2) is 0 Å².